The number of nitrogens with one attached hydrogen (secondary N) is 1. The van der Waals surface area contributed by atoms with Gasteiger partial charge in [0.1, 0.15) is 18.0 Å². The molecule has 0 aliphatic rings. The summed E-state index contributed by atoms with van der Waals surface area (Å²) in [6, 6.07) is 8.37. The first kappa shape index (κ1) is 23.0. The Bertz CT molecular complexity index is 1140. The Hall–Kier alpha value is -2.71. The summed E-state index contributed by atoms with van der Waals surface area (Å²) in [7, 11) is 1.85. The molecule has 2 N–H and O–H groups in total. The van der Waals surface area contributed by atoms with E-state index in [1.165, 1.54) is 30.3 Å². The molecular formula is C22H22ClF3NO4+. The number of para-hydroxylation sites is 1. The molecule has 1 atom stereocenters. The molecule has 0 aliphatic carbocycles. The Morgan fingerprint density at radius 3 is 2.55 bits per heavy atom. The molecule has 0 saturated heterocycles. The molecule has 0 radical (unpaired) electrons. The number of hydrogen-bond donors (Lipinski definition) is 2. The first-order valence-electron chi connectivity index (χ1n) is 9.76. The lowest BCUT2D eigenvalue weighted by Gasteiger charge is -2.17. The van der Waals surface area contributed by atoms with Crippen LogP contribution in [-0.2, 0) is 12.7 Å². The Morgan fingerprint density at radius 2 is 1.90 bits per heavy atom. The van der Waals surface area contributed by atoms with Gasteiger partial charge in [-0.3, -0.25) is 4.79 Å². The Labute approximate surface area is 181 Å². The van der Waals surface area contributed by atoms with Crippen molar-refractivity contribution in [1.29, 1.82) is 0 Å². The topological polar surface area (TPSA) is 64.1 Å². The second-order valence-corrected chi connectivity index (χ2v) is 7.70. The lowest BCUT2D eigenvalue weighted by atomic mass is 10.1. The molecule has 0 amide bonds. The van der Waals surface area contributed by atoms with Crippen LogP contribution in [0.25, 0.3) is 11.0 Å². The number of ether oxygens (including phenoxy) is 1. The van der Waals surface area contributed by atoms with Crippen LogP contribution in [0.3, 0.4) is 0 Å². The fourth-order valence-corrected chi connectivity index (χ4v) is 3.42. The van der Waals surface area contributed by atoms with Crippen molar-refractivity contribution < 1.29 is 32.3 Å². The summed E-state index contributed by atoms with van der Waals surface area (Å²) < 4.78 is 51.9. The van der Waals surface area contributed by atoms with E-state index in [1.807, 2.05) is 14.0 Å². The van der Waals surface area contributed by atoms with Crippen LogP contribution in [0.1, 0.15) is 31.1 Å². The summed E-state index contributed by atoms with van der Waals surface area (Å²) in [4.78, 5) is 14.0. The molecule has 1 heterocycles. The third kappa shape index (κ3) is 4.97. The van der Waals surface area contributed by atoms with Crippen LogP contribution in [0.2, 0.25) is 5.02 Å². The zero-order valence-electron chi connectivity index (χ0n) is 17.0. The van der Waals surface area contributed by atoms with Crippen molar-refractivity contribution in [2.45, 2.75) is 32.5 Å². The van der Waals surface area contributed by atoms with E-state index in [4.69, 9.17) is 20.8 Å². The number of alkyl halides is 3. The molecule has 1 unspecified atom stereocenters. The number of benzene rings is 2. The van der Waals surface area contributed by atoms with Crippen molar-refractivity contribution in [1.82, 2.24) is 0 Å². The maximum Gasteiger partial charge on any atom is 0.453 e. The highest BCUT2D eigenvalue weighted by Gasteiger charge is 2.41. The van der Waals surface area contributed by atoms with Gasteiger partial charge in [-0.2, -0.15) is 13.2 Å². The average molecular weight is 457 g/mol. The van der Waals surface area contributed by atoms with Crippen LogP contribution >= 0.6 is 11.6 Å². The molecule has 31 heavy (non-hydrogen) atoms. The third-order valence-corrected chi connectivity index (χ3v) is 5.15. The SMILES string of the molecule is CCCC[NH+](C)Cc1c(O)ccc2c(=O)c(Oc3ccccc3Cl)c(C(F)(F)F)oc12. The number of fused-ring (bicyclic) bond motifs is 1. The van der Waals surface area contributed by atoms with E-state index in [9.17, 15) is 23.1 Å². The predicted molar refractivity (Wildman–Crippen MR) is 111 cm³/mol. The smallest absolute Gasteiger partial charge is 0.453 e. The van der Waals surface area contributed by atoms with Crippen LogP contribution in [-0.4, -0.2) is 18.7 Å². The molecule has 1 aromatic heterocycles. The van der Waals surface area contributed by atoms with Gasteiger partial charge in [0, 0.05) is 0 Å². The number of phenols is 1. The zero-order chi connectivity index (χ0) is 22.8. The number of aromatic hydroxyl groups is 1. The molecule has 9 heteroatoms. The van der Waals surface area contributed by atoms with E-state index in [-0.39, 0.29) is 39.6 Å². The highest BCUT2D eigenvalue weighted by atomic mass is 35.5. The first-order valence-corrected chi connectivity index (χ1v) is 10.1. The number of quaternary nitrogens is 1. The van der Waals surface area contributed by atoms with Crippen molar-refractivity contribution in [3.05, 3.63) is 63.0 Å². The first-order chi connectivity index (χ1) is 14.6. The molecule has 2 aromatic carbocycles. The van der Waals surface area contributed by atoms with Crippen molar-refractivity contribution in [3.63, 3.8) is 0 Å². The largest absolute Gasteiger partial charge is 0.507 e. The van der Waals surface area contributed by atoms with E-state index in [0.717, 1.165) is 24.3 Å². The summed E-state index contributed by atoms with van der Waals surface area (Å²) in [6.07, 6.45) is -3.15. The van der Waals surface area contributed by atoms with Gasteiger partial charge in [0.25, 0.3) is 5.76 Å². The minimum atomic E-state index is -5.01. The van der Waals surface area contributed by atoms with E-state index in [2.05, 4.69) is 0 Å². The van der Waals surface area contributed by atoms with Gasteiger partial charge in [0.15, 0.2) is 5.58 Å². The van der Waals surface area contributed by atoms with Gasteiger partial charge in [-0.15, -0.1) is 0 Å². The number of unbranched alkanes of at least 4 members (excludes halogenated alkanes) is 1. The maximum absolute atomic E-state index is 13.8. The van der Waals surface area contributed by atoms with Gasteiger partial charge in [-0.25, -0.2) is 0 Å². The Balaban J connectivity index is 2.21. The van der Waals surface area contributed by atoms with Crippen molar-refractivity contribution >= 4 is 22.6 Å². The molecule has 0 fully saturated rings. The predicted octanol–water partition coefficient (Wildman–Crippen LogP) is 4.78. The second kappa shape index (κ2) is 9.20. The van der Waals surface area contributed by atoms with Crippen molar-refractivity contribution in [2.24, 2.45) is 0 Å². The monoisotopic (exact) mass is 456 g/mol. The minimum Gasteiger partial charge on any atom is -0.507 e. The van der Waals surface area contributed by atoms with Gasteiger partial charge in [0.05, 0.1) is 29.6 Å². The molecule has 0 saturated carbocycles. The molecule has 0 aliphatic heterocycles. The molecule has 3 rings (SSSR count). The van der Waals surface area contributed by atoms with Gasteiger partial charge < -0.3 is 19.2 Å². The Kier molecular flexibility index (Phi) is 6.81. The van der Waals surface area contributed by atoms with Crippen LogP contribution in [0.15, 0.2) is 45.6 Å². The normalized spacial score (nSPS) is 12.8. The van der Waals surface area contributed by atoms with Crippen LogP contribution in [0.4, 0.5) is 13.2 Å². The molecule has 166 valence electrons. The van der Waals surface area contributed by atoms with Gasteiger partial charge >= 0.3 is 6.18 Å². The van der Waals surface area contributed by atoms with Crippen LogP contribution in [0, 0.1) is 0 Å². The second-order valence-electron chi connectivity index (χ2n) is 7.30. The van der Waals surface area contributed by atoms with E-state index in [1.54, 1.807) is 6.07 Å². The average Bonchev–Trinajstić information content (AvgIpc) is 2.71. The van der Waals surface area contributed by atoms with Crippen LogP contribution < -0.4 is 15.1 Å². The lowest BCUT2D eigenvalue weighted by molar-refractivity contribution is -0.893. The number of hydrogen-bond acceptors (Lipinski definition) is 4. The third-order valence-electron chi connectivity index (χ3n) is 4.84. The van der Waals surface area contributed by atoms with Crippen molar-refractivity contribution in [3.8, 4) is 17.2 Å². The maximum atomic E-state index is 13.8. The summed E-state index contributed by atoms with van der Waals surface area (Å²) in [5.41, 5.74) is -1.17. The van der Waals surface area contributed by atoms with Gasteiger partial charge in [0.2, 0.25) is 11.2 Å². The summed E-state index contributed by atoms with van der Waals surface area (Å²) in [6.45, 7) is 2.96. The minimum absolute atomic E-state index is 0.0441. The fraction of sp³-hybridized carbons (Fsp3) is 0.318. The molecule has 3 aromatic rings. The molecule has 0 spiro atoms. The van der Waals surface area contributed by atoms with Crippen LogP contribution in [0.5, 0.6) is 17.2 Å². The lowest BCUT2D eigenvalue weighted by Crippen LogP contribution is -3.07. The van der Waals surface area contributed by atoms with Crippen molar-refractivity contribution in [2.75, 3.05) is 13.6 Å². The fourth-order valence-electron chi connectivity index (χ4n) is 3.24. The van der Waals surface area contributed by atoms with E-state index >= 15 is 0 Å². The van der Waals surface area contributed by atoms with E-state index in [0.29, 0.717) is 0 Å². The highest BCUT2D eigenvalue weighted by Crippen LogP contribution is 2.40. The van der Waals surface area contributed by atoms with E-state index < -0.39 is 23.1 Å². The standard InChI is InChI=1S/C22H21ClF3NO4/c1-3-4-11-27(2)12-14-16(28)10-9-13-18(29)20(21(22(24,25)26)31-19(13)14)30-17-8-6-5-7-15(17)23/h5-10,28H,3-4,11-12H2,1-2H3/p+1. The summed E-state index contributed by atoms with van der Waals surface area (Å²) >= 11 is 5.98. The zero-order valence-corrected chi connectivity index (χ0v) is 17.7. The quantitative estimate of drug-likeness (QED) is 0.537. The highest BCUT2D eigenvalue weighted by molar-refractivity contribution is 6.32. The number of halogens is 4. The molecule has 5 nitrogen and oxygen atoms in total. The Morgan fingerprint density at radius 1 is 1.19 bits per heavy atom. The summed E-state index contributed by atoms with van der Waals surface area (Å²) in [5, 5.41) is 10.2. The molecule has 0 bridgehead atoms. The van der Waals surface area contributed by atoms with Gasteiger partial charge in [-0.1, -0.05) is 37.1 Å². The number of rotatable bonds is 7. The van der Waals surface area contributed by atoms with Gasteiger partial charge in [-0.05, 0) is 30.7 Å². The number of phenolic OH excluding ortho intramolecular Hbond substituents is 1. The molecular weight excluding hydrogens is 435 g/mol. The summed E-state index contributed by atoms with van der Waals surface area (Å²) in [5.74, 6) is -2.93.